The van der Waals surface area contributed by atoms with Crippen molar-refractivity contribution in [2.45, 2.75) is 83.5 Å². The molecule has 0 radical (unpaired) electrons. The minimum absolute atomic E-state index is 0.307. The van der Waals surface area contributed by atoms with Gasteiger partial charge >= 0.3 is 0 Å². The summed E-state index contributed by atoms with van der Waals surface area (Å²) in [5.74, 6) is 0. The van der Waals surface area contributed by atoms with Crippen molar-refractivity contribution in [1.29, 1.82) is 0 Å². The first kappa shape index (κ1) is 18.9. The highest BCUT2D eigenvalue weighted by molar-refractivity contribution is 7.86. The zero-order chi connectivity index (χ0) is 14.6. The van der Waals surface area contributed by atoms with Gasteiger partial charge in [-0.3, -0.25) is 4.55 Å². The van der Waals surface area contributed by atoms with E-state index in [0.29, 0.717) is 13.0 Å². The molecular formula is C14H30O4S. The monoisotopic (exact) mass is 294 g/mol. The lowest BCUT2D eigenvalue weighted by Gasteiger charge is -2.13. The Morgan fingerprint density at radius 2 is 1.37 bits per heavy atom. The molecule has 0 aliphatic rings. The van der Waals surface area contributed by atoms with Gasteiger partial charge in [-0.05, 0) is 19.8 Å². The van der Waals surface area contributed by atoms with Gasteiger partial charge in [0, 0.05) is 6.61 Å². The maximum absolute atomic E-state index is 11.0. The van der Waals surface area contributed by atoms with Gasteiger partial charge in [0.1, 0.15) is 0 Å². The van der Waals surface area contributed by atoms with Gasteiger partial charge in [-0.2, -0.15) is 8.42 Å². The quantitative estimate of drug-likeness (QED) is 0.409. The molecule has 0 bridgehead atoms. The Morgan fingerprint density at radius 1 is 0.895 bits per heavy atom. The molecule has 0 spiro atoms. The van der Waals surface area contributed by atoms with Crippen molar-refractivity contribution in [2.75, 3.05) is 6.61 Å². The Labute approximate surface area is 118 Å². The average molecular weight is 294 g/mol. The molecule has 0 aromatic carbocycles. The van der Waals surface area contributed by atoms with Crippen LogP contribution in [0.15, 0.2) is 0 Å². The Kier molecular flexibility index (Phi) is 11.6. The van der Waals surface area contributed by atoms with E-state index in [-0.39, 0.29) is 0 Å². The molecule has 4 nitrogen and oxygen atoms in total. The summed E-state index contributed by atoms with van der Waals surface area (Å²) < 4.78 is 36.1. The SMILES string of the molecule is CCCCCCCCCCCC(OCC)S(=O)(=O)O. The molecule has 0 aromatic heterocycles. The Hall–Kier alpha value is -0.130. The van der Waals surface area contributed by atoms with Crippen LogP contribution in [0.4, 0.5) is 0 Å². The minimum atomic E-state index is -4.06. The minimum Gasteiger partial charge on any atom is -0.360 e. The van der Waals surface area contributed by atoms with E-state index in [1.54, 1.807) is 6.92 Å². The summed E-state index contributed by atoms with van der Waals surface area (Å²) in [5.41, 5.74) is -1.04. The van der Waals surface area contributed by atoms with E-state index < -0.39 is 15.6 Å². The van der Waals surface area contributed by atoms with E-state index in [4.69, 9.17) is 9.29 Å². The van der Waals surface area contributed by atoms with E-state index in [0.717, 1.165) is 19.3 Å². The average Bonchev–Trinajstić information content (AvgIpc) is 2.34. The molecule has 1 atom stereocenters. The molecule has 0 aliphatic heterocycles. The van der Waals surface area contributed by atoms with Gasteiger partial charge in [-0.15, -0.1) is 0 Å². The fourth-order valence-corrected chi connectivity index (χ4v) is 2.90. The highest BCUT2D eigenvalue weighted by atomic mass is 32.2. The van der Waals surface area contributed by atoms with Gasteiger partial charge in [-0.1, -0.05) is 58.3 Å². The van der Waals surface area contributed by atoms with Crippen LogP contribution in [0.25, 0.3) is 0 Å². The van der Waals surface area contributed by atoms with Gasteiger partial charge < -0.3 is 4.74 Å². The van der Waals surface area contributed by atoms with E-state index >= 15 is 0 Å². The lowest BCUT2D eigenvalue weighted by molar-refractivity contribution is 0.102. The van der Waals surface area contributed by atoms with Crippen molar-refractivity contribution in [3.05, 3.63) is 0 Å². The number of hydrogen-bond acceptors (Lipinski definition) is 3. The third-order valence-electron chi connectivity index (χ3n) is 3.23. The van der Waals surface area contributed by atoms with Crippen molar-refractivity contribution in [3.8, 4) is 0 Å². The van der Waals surface area contributed by atoms with Gasteiger partial charge in [0.2, 0.25) is 0 Å². The fraction of sp³-hybridized carbons (Fsp3) is 1.00. The van der Waals surface area contributed by atoms with Crippen LogP contribution in [0.1, 0.15) is 78.1 Å². The molecule has 1 N–H and O–H groups in total. The summed E-state index contributed by atoms with van der Waals surface area (Å²) in [6, 6.07) is 0. The molecule has 5 heteroatoms. The lowest BCUT2D eigenvalue weighted by atomic mass is 10.1. The van der Waals surface area contributed by atoms with E-state index in [1.165, 1.54) is 38.5 Å². The summed E-state index contributed by atoms with van der Waals surface area (Å²) in [6.07, 6.45) is 11.0. The first-order valence-corrected chi connectivity index (χ1v) is 9.10. The normalized spacial score (nSPS) is 13.6. The maximum Gasteiger partial charge on any atom is 0.292 e. The number of rotatable bonds is 13. The molecule has 0 saturated carbocycles. The maximum atomic E-state index is 11.0. The van der Waals surface area contributed by atoms with Crippen LogP contribution < -0.4 is 0 Å². The molecule has 0 aromatic rings. The Balaban J connectivity index is 3.51. The number of hydrogen-bond donors (Lipinski definition) is 1. The van der Waals surface area contributed by atoms with Crippen LogP contribution in [-0.2, 0) is 14.9 Å². The predicted molar refractivity (Wildman–Crippen MR) is 78.8 cm³/mol. The first-order valence-electron chi connectivity index (χ1n) is 7.60. The second-order valence-electron chi connectivity index (χ2n) is 5.02. The van der Waals surface area contributed by atoms with E-state index in [2.05, 4.69) is 6.92 Å². The van der Waals surface area contributed by atoms with Crippen LogP contribution in [0.5, 0.6) is 0 Å². The summed E-state index contributed by atoms with van der Waals surface area (Å²) in [4.78, 5) is 0. The molecule has 19 heavy (non-hydrogen) atoms. The topological polar surface area (TPSA) is 63.6 Å². The fourth-order valence-electron chi connectivity index (χ4n) is 2.13. The summed E-state index contributed by atoms with van der Waals surface area (Å²) in [5, 5.41) is 0. The lowest BCUT2D eigenvalue weighted by Crippen LogP contribution is -2.23. The molecule has 0 heterocycles. The van der Waals surface area contributed by atoms with Crippen LogP contribution in [0.2, 0.25) is 0 Å². The van der Waals surface area contributed by atoms with Gasteiger partial charge in [-0.25, -0.2) is 0 Å². The highest BCUT2D eigenvalue weighted by Gasteiger charge is 2.22. The third-order valence-corrected chi connectivity index (χ3v) is 4.26. The predicted octanol–water partition coefficient (Wildman–Crippen LogP) is 4.16. The largest absolute Gasteiger partial charge is 0.360 e. The van der Waals surface area contributed by atoms with Gasteiger partial charge in [0.05, 0.1) is 0 Å². The van der Waals surface area contributed by atoms with Crippen LogP contribution in [-0.4, -0.2) is 25.0 Å². The number of unbranched alkanes of at least 4 members (excludes halogenated alkanes) is 8. The second-order valence-corrected chi connectivity index (χ2v) is 6.57. The summed E-state index contributed by atoms with van der Waals surface area (Å²) in [6.45, 7) is 4.25. The second kappa shape index (κ2) is 11.7. The molecule has 0 aliphatic carbocycles. The molecule has 0 rings (SSSR count). The molecule has 0 fully saturated rings. The first-order chi connectivity index (χ1) is 9.02. The summed E-state index contributed by atoms with van der Waals surface area (Å²) >= 11 is 0. The van der Waals surface area contributed by atoms with Crippen LogP contribution in [0, 0.1) is 0 Å². The van der Waals surface area contributed by atoms with Crippen molar-refractivity contribution in [3.63, 3.8) is 0 Å². The van der Waals surface area contributed by atoms with E-state index in [9.17, 15) is 8.42 Å². The van der Waals surface area contributed by atoms with Gasteiger partial charge in [0.15, 0.2) is 5.44 Å². The third kappa shape index (κ3) is 11.4. The van der Waals surface area contributed by atoms with Gasteiger partial charge in [0.25, 0.3) is 10.1 Å². The molecule has 1 unspecified atom stereocenters. The van der Waals surface area contributed by atoms with Crippen LogP contribution in [0.3, 0.4) is 0 Å². The van der Waals surface area contributed by atoms with Crippen molar-refractivity contribution in [2.24, 2.45) is 0 Å². The molecule has 116 valence electrons. The molecule has 0 saturated heterocycles. The Bertz CT molecular complexity index is 288. The number of ether oxygens (including phenoxy) is 1. The van der Waals surface area contributed by atoms with E-state index in [1.807, 2.05) is 0 Å². The standard InChI is InChI=1S/C14H30O4S/c1-3-5-6-7-8-9-10-11-12-13-14(18-4-2)19(15,16)17/h14H,3-13H2,1-2H3,(H,15,16,17). The van der Waals surface area contributed by atoms with Crippen molar-refractivity contribution in [1.82, 2.24) is 0 Å². The zero-order valence-electron chi connectivity index (χ0n) is 12.4. The zero-order valence-corrected chi connectivity index (χ0v) is 13.3. The highest BCUT2D eigenvalue weighted by Crippen LogP contribution is 2.14. The smallest absolute Gasteiger partial charge is 0.292 e. The molecular weight excluding hydrogens is 264 g/mol. The van der Waals surface area contributed by atoms with Crippen molar-refractivity contribution < 1.29 is 17.7 Å². The van der Waals surface area contributed by atoms with Crippen LogP contribution >= 0.6 is 0 Å². The Morgan fingerprint density at radius 3 is 1.79 bits per heavy atom. The molecule has 0 amide bonds. The summed E-state index contributed by atoms with van der Waals surface area (Å²) in [7, 11) is -4.06. The van der Waals surface area contributed by atoms with Crippen molar-refractivity contribution >= 4 is 10.1 Å².